The standard InChI is InChI=1S/C16H12Cl2N4OS/c1-22-8-10(7-19-22)2-5-15(23)21-16-20-14(9-24-16)12-4-3-11(17)6-13(12)18/h2-9H,1H3,(H,20,21,23)/b5-2+. The molecule has 5 nitrogen and oxygen atoms in total. The fraction of sp³-hybridized carbons (Fsp3) is 0.0625. The largest absolute Gasteiger partial charge is 0.298 e. The summed E-state index contributed by atoms with van der Waals surface area (Å²) in [4.78, 5) is 16.3. The Labute approximate surface area is 152 Å². The minimum Gasteiger partial charge on any atom is -0.298 e. The first-order chi connectivity index (χ1) is 11.5. The number of hydrogen-bond acceptors (Lipinski definition) is 4. The van der Waals surface area contributed by atoms with Gasteiger partial charge in [-0.15, -0.1) is 11.3 Å². The van der Waals surface area contributed by atoms with Crippen LogP contribution in [0.5, 0.6) is 0 Å². The number of thiazole rings is 1. The SMILES string of the molecule is Cn1cc(/C=C/C(=O)Nc2nc(-c3ccc(Cl)cc3Cl)cs2)cn1. The average Bonchev–Trinajstić information content (AvgIpc) is 3.14. The van der Waals surface area contributed by atoms with Gasteiger partial charge >= 0.3 is 0 Å². The highest BCUT2D eigenvalue weighted by Gasteiger charge is 2.10. The van der Waals surface area contributed by atoms with Gasteiger partial charge < -0.3 is 0 Å². The lowest BCUT2D eigenvalue weighted by Gasteiger charge is -2.01. The van der Waals surface area contributed by atoms with E-state index in [1.807, 2.05) is 18.6 Å². The molecule has 0 saturated heterocycles. The lowest BCUT2D eigenvalue weighted by Crippen LogP contribution is -2.07. The fourth-order valence-corrected chi connectivity index (χ4v) is 3.22. The number of amides is 1. The fourth-order valence-electron chi connectivity index (χ4n) is 2.00. The smallest absolute Gasteiger partial charge is 0.250 e. The summed E-state index contributed by atoms with van der Waals surface area (Å²) in [5.41, 5.74) is 2.30. The third-order valence-electron chi connectivity index (χ3n) is 3.09. The highest BCUT2D eigenvalue weighted by Crippen LogP contribution is 2.32. The van der Waals surface area contributed by atoms with Crippen LogP contribution in [0.4, 0.5) is 5.13 Å². The number of carbonyl (C=O) groups is 1. The number of anilines is 1. The van der Waals surface area contributed by atoms with Crippen molar-refractivity contribution in [3.8, 4) is 11.3 Å². The van der Waals surface area contributed by atoms with Gasteiger partial charge in [0, 0.05) is 40.9 Å². The van der Waals surface area contributed by atoms with Crippen LogP contribution in [0.15, 0.2) is 42.0 Å². The molecule has 0 unspecified atom stereocenters. The van der Waals surface area contributed by atoms with Gasteiger partial charge in [0.2, 0.25) is 5.91 Å². The third kappa shape index (κ3) is 4.03. The number of rotatable bonds is 4. The number of carbonyl (C=O) groups excluding carboxylic acids is 1. The minimum absolute atomic E-state index is 0.262. The number of nitrogens with one attached hydrogen (secondary N) is 1. The highest BCUT2D eigenvalue weighted by molar-refractivity contribution is 7.14. The molecule has 3 rings (SSSR count). The number of nitrogens with zero attached hydrogens (tertiary/aromatic N) is 3. The van der Waals surface area contributed by atoms with Gasteiger partial charge in [-0.2, -0.15) is 5.10 Å². The molecule has 122 valence electrons. The topological polar surface area (TPSA) is 59.8 Å². The monoisotopic (exact) mass is 378 g/mol. The van der Waals surface area contributed by atoms with Crippen LogP contribution >= 0.6 is 34.5 Å². The van der Waals surface area contributed by atoms with Gasteiger partial charge in [0.05, 0.1) is 16.9 Å². The van der Waals surface area contributed by atoms with E-state index in [-0.39, 0.29) is 5.91 Å². The van der Waals surface area contributed by atoms with Crippen LogP contribution < -0.4 is 5.32 Å². The lowest BCUT2D eigenvalue weighted by atomic mass is 10.2. The molecular weight excluding hydrogens is 367 g/mol. The predicted octanol–water partition coefficient (Wildman–Crippen LogP) is 4.50. The maximum atomic E-state index is 11.9. The van der Waals surface area contributed by atoms with Crippen molar-refractivity contribution in [1.82, 2.24) is 14.8 Å². The number of halogens is 2. The first-order valence-electron chi connectivity index (χ1n) is 6.90. The van der Waals surface area contributed by atoms with E-state index in [4.69, 9.17) is 23.2 Å². The molecule has 24 heavy (non-hydrogen) atoms. The molecule has 0 radical (unpaired) electrons. The Morgan fingerprint density at radius 2 is 2.21 bits per heavy atom. The summed E-state index contributed by atoms with van der Waals surface area (Å²) in [5, 5.41) is 10.2. The number of hydrogen-bond donors (Lipinski definition) is 1. The molecule has 3 aromatic rings. The molecular formula is C16H12Cl2N4OS. The number of aryl methyl sites for hydroxylation is 1. The summed E-state index contributed by atoms with van der Waals surface area (Å²) >= 11 is 13.4. The Hall–Kier alpha value is -2.15. The van der Waals surface area contributed by atoms with Crippen molar-refractivity contribution in [2.75, 3.05) is 5.32 Å². The number of aromatic nitrogens is 3. The van der Waals surface area contributed by atoms with E-state index < -0.39 is 0 Å². The van der Waals surface area contributed by atoms with Crippen LogP contribution in [0, 0.1) is 0 Å². The summed E-state index contributed by atoms with van der Waals surface area (Å²) in [6, 6.07) is 5.21. The molecule has 2 aromatic heterocycles. The third-order valence-corrected chi connectivity index (χ3v) is 4.40. The summed E-state index contributed by atoms with van der Waals surface area (Å²) in [6.45, 7) is 0. The molecule has 0 fully saturated rings. The Morgan fingerprint density at radius 3 is 2.92 bits per heavy atom. The van der Waals surface area contributed by atoms with E-state index in [9.17, 15) is 4.79 Å². The van der Waals surface area contributed by atoms with Crippen molar-refractivity contribution in [2.24, 2.45) is 7.05 Å². The van der Waals surface area contributed by atoms with Gasteiger partial charge in [-0.05, 0) is 24.3 Å². The molecule has 0 saturated carbocycles. The molecule has 2 heterocycles. The minimum atomic E-state index is -0.262. The van der Waals surface area contributed by atoms with E-state index in [1.165, 1.54) is 17.4 Å². The van der Waals surface area contributed by atoms with E-state index in [0.717, 1.165) is 11.1 Å². The van der Waals surface area contributed by atoms with Gasteiger partial charge in [-0.25, -0.2) is 4.98 Å². The second kappa shape index (κ2) is 7.17. The van der Waals surface area contributed by atoms with E-state index in [0.29, 0.717) is 20.9 Å². The summed E-state index contributed by atoms with van der Waals surface area (Å²) < 4.78 is 1.67. The Kier molecular flexibility index (Phi) is 4.99. The molecule has 0 spiro atoms. The zero-order valence-corrected chi connectivity index (χ0v) is 14.9. The van der Waals surface area contributed by atoms with Gasteiger partial charge in [0.1, 0.15) is 0 Å². The quantitative estimate of drug-likeness (QED) is 0.679. The maximum absolute atomic E-state index is 11.9. The van der Waals surface area contributed by atoms with Crippen molar-refractivity contribution < 1.29 is 4.79 Å². The van der Waals surface area contributed by atoms with Crippen LogP contribution in [0.1, 0.15) is 5.56 Å². The van der Waals surface area contributed by atoms with Crippen molar-refractivity contribution in [1.29, 1.82) is 0 Å². The molecule has 1 N–H and O–H groups in total. The summed E-state index contributed by atoms with van der Waals surface area (Å²) in [7, 11) is 1.82. The molecule has 0 aliphatic carbocycles. The van der Waals surface area contributed by atoms with Gasteiger partial charge in [0.15, 0.2) is 5.13 Å². The van der Waals surface area contributed by atoms with Crippen molar-refractivity contribution in [2.45, 2.75) is 0 Å². The van der Waals surface area contributed by atoms with E-state index in [2.05, 4.69) is 15.4 Å². The number of benzene rings is 1. The van der Waals surface area contributed by atoms with Crippen LogP contribution in [0.3, 0.4) is 0 Å². The second-order valence-electron chi connectivity index (χ2n) is 4.93. The van der Waals surface area contributed by atoms with Crippen molar-refractivity contribution >= 4 is 51.7 Å². The van der Waals surface area contributed by atoms with Crippen molar-refractivity contribution in [3.63, 3.8) is 0 Å². The first-order valence-corrected chi connectivity index (χ1v) is 8.53. The average molecular weight is 379 g/mol. The zero-order chi connectivity index (χ0) is 17.1. The second-order valence-corrected chi connectivity index (χ2v) is 6.63. The van der Waals surface area contributed by atoms with E-state index in [1.54, 1.807) is 35.2 Å². The molecule has 0 aliphatic rings. The van der Waals surface area contributed by atoms with Gasteiger partial charge in [0.25, 0.3) is 0 Å². The van der Waals surface area contributed by atoms with Gasteiger partial charge in [-0.1, -0.05) is 23.2 Å². The molecule has 0 atom stereocenters. The summed E-state index contributed by atoms with van der Waals surface area (Å²) in [6.07, 6.45) is 6.61. The van der Waals surface area contributed by atoms with E-state index >= 15 is 0 Å². The Morgan fingerprint density at radius 1 is 1.38 bits per heavy atom. The summed E-state index contributed by atoms with van der Waals surface area (Å²) in [5.74, 6) is -0.262. The zero-order valence-electron chi connectivity index (χ0n) is 12.5. The van der Waals surface area contributed by atoms with Crippen LogP contribution in [0.2, 0.25) is 10.0 Å². The normalized spacial score (nSPS) is 11.1. The van der Waals surface area contributed by atoms with Crippen LogP contribution in [-0.2, 0) is 11.8 Å². The first kappa shape index (κ1) is 16.7. The van der Waals surface area contributed by atoms with Crippen LogP contribution in [0.25, 0.3) is 17.3 Å². The molecule has 1 amide bonds. The Bertz CT molecular complexity index is 916. The Balaban J connectivity index is 1.69. The predicted molar refractivity (Wildman–Crippen MR) is 98.4 cm³/mol. The van der Waals surface area contributed by atoms with Crippen LogP contribution in [-0.4, -0.2) is 20.7 Å². The maximum Gasteiger partial charge on any atom is 0.250 e. The highest BCUT2D eigenvalue weighted by atomic mass is 35.5. The molecule has 0 bridgehead atoms. The van der Waals surface area contributed by atoms with Crippen molar-refractivity contribution in [3.05, 3.63) is 57.7 Å². The lowest BCUT2D eigenvalue weighted by molar-refractivity contribution is -0.111. The molecule has 1 aromatic carbocycles. The molecule has 8 heteroatoms. The molecule has 0 aliphatic heterocycles. The van der Waals surface area contributed by atoms with Gasteiger partial charge in [-0.3, -0.25) is 14.8 Å².